The minimum Gasteiger partial charge on any atom is -0.493 e. The summed E-state index contributed by atoms with van der Waals surface area (Å²) in [6.45, 7) is 0.0773. The highest BCUT2D eigenvalue weighted by molar-refractivity contribution is 6.31. The molecule has 0 aromatic heterocycles. The first-order valence-corrected chi connectivity index (χ1v) is 10.2. The van der Waals surface area contributed by atoms with Crippen LogP contribution in [0.5, 0.6) is 11.5 Å². The second kappa shape index (κ2) is 10.8. The maximum Gasteiger partial charge on any atom is 0.418 e. The number of amides is 1. The molecule has 9 heteroatoms. The topological polar surface area (TPSA) is 71.3 Å². The highest BCUT2D eigenvalue weighted by Gasteiger charge is 2.33. The number of rotatable bonds is 7. The van der Waals surface area contributed by atoms with Crippen LogP contribution in [0.1, 0.15) is 16.7 Å². The standard InChI is InChI=1S/C25H18ClF3N2O3/c1-33-22-12-6-8-16(23(22)34-15-17-7-2-4-10-20(17)26)13-18(14-30)24(32)31-21-11-5-3-9-19(21)25(27,28)29/h2-13H,15H2,1H3,(H,31,32)/b18-13+. The summed E-state index contributed by atoms with van der Waals surface area (Å²) in [7, 11) is 1.43. The van der Waals surface area contributed by atoms with E-state index in [0.717, 1.165) is 12.1 Å². The minimum absolute atomic E-state index is 0.0773. The molecule has 3 aromatic rings. The Bertz CT molecular complexity index is 1270. The van der Waals surface area contributed by atoms with Gasteiger partial charge in [0, 0.05) is 16.1 Å². The summed E-state index contributed by atoms with van der Waals surface area (Å²) < 4.78 is 51.0. The highest BCUT2D eigenvalue weighted by Crippen LogP contribution is 2.36. The molecule has 5 nitrogen and oxygen atoms in total. The molecule has 0 bridgehead atoms. The Hall–Kier alpha value is -3.96. The number of alkyl halides is 3. The summed E-state index contributed by atoms with van der Waals surface area (Å²) in [5, 5.41) is 12.2. The van der Waals surface area contributed by atoms with Gasteiger partial charge in [-0.05, 0) is 30.3 Å². The van der Waals surface area contributed by atoms with Crippen LogP contribution in [0.4, 0.5) is 18.9 Å². The Morgan fingerprint density at radius 1 is 1.09 bits per heavy atom. The summed E-state index contributed by atoms with van der Waals surface area (Å²) in [4.78, 5) is 12.7. The summed E-state index contributed by atoms with van der Waals surface area (Å²) in [6.07, 6.45) is -3.46. The van der Waals surface area contributed by atoms with Crippen LogP contribution in [0.3, 0.4) is 0 Å². The number of benzene rings is 3. The Morgan fingerprint density at radius 2 is 1.79 bits per heavy atom. The van der Waals surface area contributed by atoms with E-state index >= 15 is 0 Å². The van der Waals surface area contributed by atoms with E-state index in [1.54, 1.807) is 48.5 Å². The van der Waals surface area contributed by atoms with Crippen molar-refractivity contribution < 1.29 is 27.4 Å². The second-order valence-corrected chi connectivity index (χ2v) is 7.33. The first-order valence-electron chi connectivity index (χ1n) is 9.87. The molecule has 0 radical (unpaired) electrons. The number of hydrogen-bond donors (Lipinski definition) is 1. The second-order valence-electron chi connectivity index (χ2n) is 6.93. The summed E-state index contributed by atoms with van der Waals surface area (Å²) in [6, 6.07) is 18.1. The fourth-order valence-electron chi connectivity index (χ4n) is 3.06. The van der Waals surface area contributed by atoms with Crippen LogP contribution in [0.15, 0.2) is 72.3 Å². The van der Waals surface area contributed by atoms with Crippen molar-refractivity contribution >= 4 is 29.3 Å². The SMILES string of the molecule is COc1cccc(/C=C(\C#N)C(=O)Nc2ccccc2C(F)(F)F)c1OCc1ccccc1Cl. The third-order valence-corrected chi connectivity index (χ3v) is 5.07. The van der Waals surface area contributed by atoms with E-state index in [-0.39, 0.29) is 12.4 Å². The van der Waals surface area contributed by atoms with Crippen LogP contribution in [0.2, 0.25) is 5.02 Å². The largest absolute Gasteiger partial charge is 0.493 e. The smallest absolute Gasteiger partial charge is 0.418 e. The third-order valence-electron chi connectivity index (χ3n) is 4.70. The number of methoxy groups -OCH3 is 1. The zero-order valence-electron chi connectivity index (χ0n) is 17.8. The molecule has 0 aliphatic carbocycles. The minimum atomic E-state index is -4.67. The number of nitrogens with zero attached hydrogens (tertiary/aromatic N) is 1. The quantitative estimate of drug-likeness (QED) is 0.306. The number of carbonyl (C=O) groups excluding carboxylic acids is 1. The number of nitriles is 1. The van der Waals surface area contributed by atoms with Gasteiger partial charge in [-0.2, -0.15) is 18.4 Å². The maximum absolute atomic E-state index is 13.2. The number of halogens is 4. The van der Waals surface area contributed by atoms with Gasteiger partial charge in [-0.3, -0.25) is 4.79 Å². The molecular formula is C25H18ClF3N2O3. The number of para-hydroxylation sites is 2. The van der Waals surface area contributed by atoms with Gasteiger partial charge in [0.05, 0.1) is 18.4 Å². The van der Waals surface area contributed by atoms with Crippen LogP contribution in [-0.2, 0) is 17.6 Å². The van der Waals surface area contributed by atoms with Crippen LogP contribution in [0, 0.1) is 11.3 Å². The van der Waals surface area contributed by atoms with E-state index in [9.17, 15) is 23.2 Å². The van der Waals surface area contributed by atoms with E-state index in [1.165, 1.54) is 25.3 Å². The average molecular weight is 487 g/mol. The number of ether oxygens (including phenoxy) is 2. The third kappa shape index (κ3) is 5.88. The molecule has 0 heterocycles. The molecule has 3 aromatic carbocycles. The predicted octanol–water partition coefficient (Wildman–Crippen LogP) is 6.49. The van der Waals surface area contributed by atoms with Crippen molar-refractivity contribution in [1.82, 2.24) is 0 Å². The lowest BCUT2D eigenvalue weighted by Gasteiger charge is -2.15. The molecule has 1 amide bonds. The lowest BCUT2D eigenvalue weighted by atomic mass is 10.1. The van der Waals surface area contributed by atoms with Gasteiger partial charge in [0.2, 0.25) is 0 Å². The number of hydrogen-bond acceptors (Lipinski definition) is 4. The number of carbonyl (C=O) groups is 1. The normalized spacial score (nSPS) is 11.5. The van der Waals surface area contributed by atoms with Crippen LogP contribution >= 0.6 is 11.6 Å². The molecule has 0 fully saturated rings. The van der Waals surface area contributed by atoms with Crippen LogP contribution in [-0.4, -0.2) is 13.0 Å². The molecule has 0 aliphatic heterocycles. The first kappa shape index (κ1) is 24.7. The number of anilines is 1. The molecule has 174 valence electrons. The van der Waals surface area contributed by atoms with Crippen LogP contribution < -0.4 is 14.8 Å². The van der Waals surface area contributed by atoms with E-state index in [2.05, 4.69) is 5.32 Å². The van der Waals surface area contributed by atoms with E-state index in [1.807, 2.05) is 0 Å². The van der Waals surface area contributed by atoms with Gasteiger partial charge >= 0.3 is 6.18 Å². The molecule has 0 aliphatic rings. The van der Waals surface area contributed by atoms with Crippen molar-refractivity contribution in [3.8, 4) is 17.6 Å². The molecular weight excluding hydrogens is 469 g/mol. The van der Waals surface area contributed by atoms with Gasteiger partial charge < -0.3 is 14.8 Å². The Balaban J connectivity index is 1.92. The van der Waals surface area contributed by atoms with Gasteiger partial charge in [0.25, 0.3) is 5.91 Å². The van der Waals surface area contributed by atoms with Gasteiger partial charge in [-0.25, -0.2) is 0 Å². The molecule has 0 atom stereocenters. The average Bonchev–Trinajstić information content (AvgIpc) is 2.81. The fraction of sp³-hybridized carbons (Fsp3) is 0.120. The van der Waals surface area contributed by atoms with Crippen molar-refractivity contribution in [3.63, 3.8) is 0 Å². The summed E-state index contributed by atoms with van der Waals surface area (Å²) >= 11 is 6.17. The highest BCUT2D eigenvalue weighted by atomic mass is 35.5. The van der Waals surface area contributed by atoms with Crippen molar-refractivity contribution in [2.75, 3.05) is 12.4 Å². The molecule has 0 spiro atoms. The Labute approximate surface area is 199 Å². The maximum atomic E-state index is 13.2. The Morgan fingerprint density at radius 3 is 2.47 bits per heavy atom. The molecule has 34 heavy (non-hydrogen) atoms. The molecule has 3 rings (SSSR count). The van der Waals surface area contributed by atoms with E-state index in [0.29, 0.717) is 21.9 Å². The van der Waals surface area contributed by atoms with Gasteiger partial charge in [-0.1, -0.05) is 54.1 Å². The van der Waals surface area contributed by atoms with Crippen LogP contribution in [0.25, 0.3) is 6.08 Å². The van der Waals surface area contributed by atoms with E-state index < -0.39 is 28.9 Å². The van der Waals surface area contributed by atoms with Crippen molar-refractivity contribution in [1.29, 1.82) is 5.26 Å². The Kier molecular flexibility index (Phi) is 7.82. The van der Waals surface area contributed by atoms with Crippen molar-refractivity contribution in [2.45, 2.75) is 12.8 Å². The van der Waals surface area contributed by atoms with Gasteiger partial charge in [-0.15, -0.1) is 0 Å². The molecule has 0 saturated carbocycles. The zero-order chi connectivity index (χ0) is 24.7. The molecule has 0 saturated heterocycles. The van der Waals surface area contributed by atoms with Crippen molar-refractivity contribution in [3.05, 3.63) is 94.0 Å². The van der Waals surface area contributed by atoms with Gasteiger partial charge in [0.15, 0.2) is 11.5 Å². The number of nitrogens with one attached hydrogen (secondary N) is 1. The lowest BCUT2D eigenvalue weighted by Crippen LogP contribution is -2.17. The molecule has 1 N–H and O–H groups in total. The predicted molar refractivity (Wildman–Crippen MR) is 122 cm³/mol. The van der Waals surface area contributed by atoms with Gasteiger partial charge in [0.1, 0.15) is 18.2 Å². The fourth-order valence-corrected chi connectivity index (χ4v) is 3.25. The lowest BCUT2D eigenvalue weighted by molar-refractivity contribution is -0.137. The molecule has 0 unspecified atom stereocenters. The van der Waals surface area contributed by atoms with Crippen molar-refractivity contribution in [2.24, 2.45) is 0 Å². The summed E-state index contributed by atoms with van der Waals surface area (Å²) in [5.74, 6) is -0.429. The van der Waals surface area contributed by atoms with E-state index in [4.69, 9.17) is 21.1 Å². The first-order chi connectivity index (χ1) is 16.2. The zero-order valence-corrected chi connectivity index (χ0v) is 18.6. The summed E-state index contributed by atoms with van der Waals surface area (Å²) in [5.41, 5.74) is -0.880. The monoisotopic (exact) mass is 486 g/mol.